The number of hydrogen-bond acceptors (Lipinski definition) is 3. The van der Waals surface area contributed by atoms with Crippen molar-refractivity contribution < 1.29 is 4.42 Å². The highest BCUT2D eigenvalue weighted by molar-refractivity contribution is 6.19. The maximum absolute atomic E-state index is 7.14. The van der Waals surface area contributed by atoms with Gasteiger partial charge in [-0.3, -0.25) is 0 Å². The van der Waals surface area contributed by atoms with Gasteiger partial charge in [0.2, 0.25) is 0 Å². The predicted molar refractivity (Wildman–Crippen MR) is 257 cm³/mol. The second-order valence-corrected chi connectivity index (χ2v) is 15.3. The zero-order valence-electron chi connectivity index (χ0n) is 33.4. The minimum atomic E-state index is 0.813. The van der Waals surface area contributed by atoms with Crippen molar-refractivity contribution in [1.82, 2.24) is 0 Å². The fraction of sp³-hybridized carbons (Fsp3) is 0. The van der Waals surface area contributed by atoms with Crippen LogP contribution >= 0.6 is 0 Å². The number of para-hydroxylation sites is 2. The fourth-order valence-electron chi connectivity index (χ4n) is 8.73. The molecule has 10 aromatic carbocycles. The first-order valence-corrected chi connectivity index (χ1v) is 20.8. The van der Waals surface area contributed by atoms with Gasteiger partial charge >= 0.3 is 0 Å². The van der Waals surface area contributed by atoms with Crippen molar-refractivity contribution in [1.29, 1.82) is 0 Å². The molecular formula is C58H40N2O. The molecule has 0 saturated heterocycles. The van der Waals surface area contributed by atoms with Crippen molar-refractivity contribution >= 4 is 66.8 Å². The molecule has 0 N–H and O–H groups in total. The molecule has 1 heterocycles. The zero-order valence-corrected chi connectivity index (χ0v) is 33.4. The molecule has 288 valence electrons. The third kappa shape index (κ3) is 6.69. The first-order chi connectivity index (χ1) is 30.3. The molecule has 3 nitrogen and oxygen atoms in total. The van der Waals surface area contributed by atoms with Crippen molar-refractivity contribution in [2.24, 2.45) is 0 Å². The Bertz CT molecular complexity index is 3270. The van der Waals surface area contributed by atoms with Crippen LogP contribution in [-0.4, -0.2) is 0 Å². The molecule has 0 aliphatic rings. The Hall–Kier alpha value is -8.14. The van der Waals surface area contributed by atoms with Crippen LogP contribution in [0.2, 0.25) is 0 Å². The predicted octanol–water partition coefficient (Wildman–Crippen LogP) is 16.7. The molecule has 3 heteroatoms. The summed E-state index contributed by atoms with van der Waals surface area (Å²) in [5.41, 5.74) is 15.0. The molecule has 0 amide bonds. The maximum atomic E-state index is 7.14. The number of hydrogen-bond donors (Lipinski definition) is 0. The summed E-state index contributed by atoms with van der Waals surface area (Å²) < 4.78 is 7.14. The van der Waals surface area contributed by atoms with E-state index in [2.05, 4.69) is 252 Å². The summed E-state index contributed by atoms with van der Waals surface area (Å²) in [6.07, 6.45) is 0. The first-order valence-electron chi connectivity index (χ1n) is 20.8. The minimum Gasteiger partial charge on any atom is -0.454 e. The second-order valence-electron chi connectivity index (χ2n) is 15.3. The molecule has 0 radical (unpaired) electrons. The number of rotatable bonds is 9. The van der Waals surface area contributed by atoms with E-state index in [1.807, 2.05) is 0 Å². The molecule has 1 aromatic heterocycles. The summed E-state index contributed by atoms with van der Waals surface area (Å²) in [5, 5.41) is 4.41. The van der Waals surface area contributed by atoms with Gasteiger partial charge in [0.25, 0.3) is 0 Å². The number of benzene rings is 10. The summed E-state index contributed by atoms with van der Waals surface area (Å²) in [5.74, 6) is 0. The molecular weight excluding hydrogens is 741 g/mol. The standard InChI is InChI=1S/C58H40N2O/c1-5-17-41(18-6-1)42-29-33-50(34-30-42)60(48-25-11-4-12-26-48)55-38-37-54(57-53-39-45-21-13-14-22-46(45)40-56(53)61-58(55)57)59(47-23-9-3-10-24-47)49-35-31-44(32-36-49)52-28-16-15-27-51(52)43-19-7-2-8-20-43/h1-40H. The number of fused-ring (bicyclic) bond motifs is 4. The highest BCUT2D eigenvalue weighted by Gasteiger charge is 2.25. The molecule has 0 unspecified atom stereocenters. The van der Waals surface area contributed by atoms with E-state index in [9.17, 15) is 0 Å². The monoisotopic (exact) mass is 780 g/mol. The third-order valence-corrected chi connectivity index (χ3v) is 11.6. The molecule has 11 rings (SSSR count). The van der Waals surface area contributed by atoms with E-state index in [1.54, 1.807) is 0 Å². The lowest BCUT2D eigenvalue weighted by Crippen LogP contribution is -2.13. The van der Waals surface area contributed by atoms with Crippen LogP contribution in [-0.2, 0) is 0 Å². The fourth-order valence-corrected chi connectivity index (χ4v) is 8.73. The van der Waals surface area contributed by atoms with Crippen LogP contribution in [0.25, 0.3) is 66.1 Å². The van der Waals surface area contributed by atoms with E-state index < -0.39 is 0 Å². The Kier molecular flexibility index (Phi) is 9.18. The molecule has 0 aliphatic carbocycles. The van der Waals surface area contributed by atoms with Crippen molar-refractivity contribution in [3.63, 3.8) is 0 Å². The third-order valence-electron chi connectivity index (χ3n) is 11.6. The topological polar surface area (TPSA) is 19.6 Å². The summed E-state index contributed by atoms with van der Waals surface area (Å²) in [7, 11) is 0. The van der Waals surface area contributed by atoms with Crippen molar-refractivity contribution in [3.8, 4) is 33.4 Å². The van der Waals surface area contributed by atoms with Crippen LogP contribution in [0.4, 0.5) is 34.1 Å². The van der Waals surface area contributed by atoms with Crippen molar-refractivity contribution in [2.45, 2.75) is 0 Å². The Balaban J connectivity index is 1.12. The average molecular weight is 781 g/mol. The molecule has 0 saturated carbocycles. The van der Waals surface area contributed by atoms with Crippen LogP contribution in [0.5, 0.6) is 0 Å². The lowest BCUT2D eigenvalue weighted by atomic mass is 9.94. The van der Waals surface area contributed by atoms with Gasteiger partial charge in [0.15, 0.2) is 5.58 Å². The Labute approximate surface area is 355 Å². The molecule has 0 aliphatic heterocycles. The van der Waals surface area contributed by atoms with Crippen LogP contribution in [0.15, 0.2) is 247 Å². The highest BCUT2D eigenvalue weighted by Crippen LogP contribution is 2.49. The number of furan rings is 1. The second kappa shape index (κ2) is 15.6. The molecule has 0 atom stereocenters. The summed E-state index contributed by atoms with van der Waals surface area (Å²) in [6, 6.07) is 86.3. The molecule has 61 heavy (non-hydrogen) atoms. The number of anilines is 6. The van der Waals surface area contributed by atoms with Gasteiger partial charge in [-0.25, -0.2) is 0 Å². The minimum absolute atomic E-state index is 0.813. The van der Waals surface area contributed by atoms with E-state index in [1.165, 1.54) is 27.8 Å². The van der Waals surface area contributed by atoms with Gasteiger partial charge in [0, 0.05) is 28.1 Å². The van der Waals surface area contributed by atoms with Crippen LogP contribution in [0, 0.1) is 0 Å². The molecule has 0 bridgehead atoms. The van der Waals surface area contributed by atoms with Gasteiger partial charge < -0.3 is 14.2 Å². The van der Waals surface area contributed by atoms with Crippen molar-refractivity contribution in [3.05, 3.63) is 243 Å². The Morgan fingerprint density at radius 1 is 0.295 bits per heavy atom. The van der Waals surface area contributed by atoms with E-state index >= 15 is 0 Å². The SMILES string of the molecule is c1ccc(-c2ccc(N(c3ccccc3)c3ccc(N(c4ccccc4)c4ccc(-c5ccccc5-c5ccccc5)cc4)c4c3oc3cc5ccccc5cc34)cc2)cc1. The van der Waals surface area contributed by atoms with E-state index in [0.717, 1.165) is 72.4 Å². The van der Waals surface area contributed by atoms with Gasteiger partial charge in [-0.1, -0.05) is 170 Å². The van der Waals surface area contributed by atoms with Gasteiger partial charge in [-0.15, -0.1) is 0 Å². The molecule has 0 fully saturated rings. The van der Waals surface area contributed by atoms with Crippen LogP contribution in [0.1, 0.15) is 0 Å². The van der Waals surface area contributed by atoms with E-state index in [-0.39, 0.29) is 0 Å². The normalized spacial score (nSPS) is 11.3. The van der Waals surface area contributed by atoms with Crippen LogP contribution in [0.3, 0.4) is 0 Å². The van der Waals surface area contributed by atoms with Crippen LogP contribution < -0.4 is 9.80 Å². The quantitative estimate of drug-likeness (QED) is 0.145. The largest absolute Gasteiger partial charge is 0.454 e. The smallest absolute Gasteiger partial charge is 0.161 e. The van der Waals surface area contributed by atoms with E-state index in [0.29, 0.717) is 0 Å². The Morgan fingerprint density at radius 3 is 1.26 bits per heavy atom. The van der Waals surface area contributed by atoms with Gasteiger partial charge in [0.05, 0.1) is 16.8 Å². The van der Waals surface area contributed by atoms with Gasteiger partial charge in [-0.2, -0.15) is 0 Å². The summed E-state index contributed by atoms with van der Waals surface area (Å²) in [6.45, 7) is 0. The Morgan fingerprint density at radius 2 is 0.689 bits per heavy atom. The summed E-state index contributed by atoms with van der Waals surface area (Å²) >= 11 is 0. The molecule has 11 aromatic rings. The van der Waals surface area contributed by atoms with E-state index in [4.69, 9.17) is 4.42 Å². The highest BCUT2D eigenvalue weighted by atomic mass is 16.3. The average Bonchev–Trinajstić information content (AvgIpc) is 3.72. The van der Waals surface area contributed by atoms with Crippen molar-refractivity contribution in [2.75, 3.05) is 9.80 Å². The lowest BCUT2D eigenvalue weighted by molar-refractivity contribution is 0.669. The summed E-state index contributed by atoms with van der Waals surface area (Å²) in [4.78, 5) is 4.68. The maximum Gasteiger partial charge on any atom is 0.161 e. The lowest BCUT2D eigenvalue weighted by Gasteiger charge is -2.29. The zero-order chi connectivity index (χ0) is 40.5. The van der Waals surface area contributed by atoms with Gasteiger partial charge in [-0.05, 0) is 117 Å². The van der Waals surface area contributed by atoms with Gasteiger partial charge in [0.1, 0.15) is 5.58 Å². The molecule has 0 spiro atoms. The first kappa shape index (κ1) is 36.0. The number of nitrogens with zero attached hydrogens (tertiary/aromatic N) is 2.